The first-order valence-corrected chi connectivity index (χ1v) is 8.26. The van der Waals surface area contributed by atoms with E-state index >= 15 is 0 Å². The molecular formula is C17H24ClF3N2. The zero-order valence-electron chi connectivity index (χ0n) is 13.2. The van der Waals surface area contributed by atoms with E-state index in [0.717, 1.165) is 64.0 Å². The summed E-state index contributed by atoms with van der Waals surface area (Å²) in [5, 5.41) is 3.26. The Labute approximate surface area is 141 Å². The first-order chi connectivity index (χ1) is 10.7. The van der Waals surface area contributed by atoms with Crippen molar-refractivity contribution >= 4 is 12.4 Å². The smallest absolute Gasteiger partial charge is 0.166 e. The molecule has 23 heavy (non-hydrogen) atoms. The normalized spacial score (nSPS) is 21.7. The predicted molar refractivity (Wildman–Crippen MR) is 87.3 cm³/mol. The highest BCUT2D eigenvalue weighted by Gasteiger charge is 2.35. The van der Waals surface area contributed by atoms with Crippen LogP contribution in [0.4, 0.5) is 13.2 Å². The molecule has 1 aliphatic heterocycles. The van der Waals surface area contributed by atoms with Crippen LogP contribution in [0.3, 0.4) is 0 Å². The molecule has 0 bridgehead atoms. The number of hydrogen-bond donors (Lipinski definition) is 1. The monoisotopic (exact) mass is 348 g/mol. The van der Waals surface area contributed by atoms with Crippen molar-refractivity contribution in [3.8, 4) is 0 Å². The number of piperazine rings is 1. The molecule has 130 valence electrons. The van der Waals surface area contributed by atoms with Crippen LogP contribution in [0, 0.1) is 23.4 Å². The summed E-state index contributed by atoms with van der Waals surface area (Å²) in [6.45, 7) is 3.11. The minimum Gasteiger partial charge on any atom is -0.314 e. The van der Waals surface area contributed by atoms with Crippen LogP contribution in [0.2, 0.25) is 0 Å². The Balaban J connectivity index is 0.00000192. The largest absolute Gasteiger partial charge is 0.314 e. The van der Waals surface area contributed by atoms with E-state index in [0.29, 0.717) is 0 Å². The molecule has 2 nitrogen and oxygen atoms in total. The molecule has 3 rings (SSSR count). The van der Waals surface area contributed by atoms with Gasteiger partial charge in [0.15, 0.2) is 11.6 Å². The van der Waals surface area contributed by atoms with Gasteiger partial charge in [-0.2, -0.15) is 0 Å². The molecule has 1 saturated heterocycles. The standard InChI is InChI=1S/C17H23F3N2.ClH/c18-13-6-7-14(19)16(20)15(13)17(12-4-2-1-3-5-12)22-10-8-21-9-11-22;/h6-7,12,17,21H,1-5,8-11H2;1H/t17-;/m0./s1. The second kappa shape index (κ2) is 8.36. The van der Waals surface area contributed by atoms with E-state index in [1.165, 1.54) is 6.42 Å². The summed E-state index contributed by atoms with van der Waals surface area (Å²) in [7, 11) is 0. The molecule has 0 radical (unpaired) electrons. The van der Waals surface area contributed by atoms with Crippen molar-refractivity contribution in [3.05, 3.63) is 35.1 Å². The Morgan fingerprint density at radius 2 is 1.57 bits per heavy atom. The van der Waals surface area contributed by atoms with Crippen molar-refractivity contribution in [1.29, 1.82) is 0 Å². The number of hydrogen-bond acceptors (Lipinski definition) is 2. The van der Waals surface area contributed by atoms with E-state index in [9.17, 15) is 13.2 Å². The van der Waals surface area contributed by atoms with E-state index in [1.54, 1.807) is 0 Å². The summed E-state index contributed by atoms with van der Waals surface area (Å²) in [5.41, 5.74) is -0.0613. The fourth-order valence-electron chi connectivity index (χ4n) is 3.94. The average Bonchev–Trinajstić information content (AvgIpc) is 2.57. The van der Waals surface area contributed by atoms with Crippen molar-refractivity contribution in [1.82, 2.24) is 10.2 Å². The van der Waals surface area contributed by atoms with E-state index < -0.39 is 17.5 Å². The molecule has 2 fully saturated rings. The lowest BCUT2D eigenvalue weighted by molar-refractivity contribution is 0.0970. The Morgan fingerprint density at radius 1 is 0.957 bits per heavy atom. The molecule has 6 heteroatoms. The molecule has 1 aliphatic carbocycles. The van der Waals surface area contributed by atoms with Gasteiger partial charge in [-0.05, 0) is 30.9 Å². The quantitative estimate of drug-likeness (QED) is 0.829. The fraction of sp³-hybridized carbons (Fsp3) is 0.647. The number of nitrogens with zero attached hydrogens (tertiary/aromatic N) is 1. The van der Waals surface area contributed by atoms with Crippen molar-refractivity contribution in [3.63, 3.8) is 0 Å². The van der Waals surface area contributed by atoms with E-state index in [2.05, 4.69) is 10.2 Å². The highest BCUT2D eigenvalue weighted by atomic mass is 35.5. The molecule has 0 amide bonds. The lowest BCUT2D eigenvalue weighted by Crippen LogP contribution is -2.47. The molecule has 0 unspecified atom stereocenters. The first kappa shape index (κ1) is 18.6. The maximum atomic E-state index is 14.4. The van der Waals surface area contributed by atoms with Crippen molar-refractivity contribution in [2.24, 2.45) is 5.92 Å². The van der Waals surface area contributed by atoms with Crippen LogP contribution in [0.15, 0.2) is 12.1 Å². The highest BCUT2D eigenvalue weighted by molar-refractivity contribution is 5.85. The molecule has 0 spiro atoms. The second-order valence-electron chi connectivity index (χ2n) is 6.39. The third-order valence-electron chi connectivity index (χ3n) is 5.02. The minimum atomic E-state index is -1.01. The molecule has 2 aliphatic rings. The van der Waals surface area contributed by atoms with Gasteiger partial charge >= 0.3 is 0 Å². The molecule has 1 N–H and O–H groups in total. The van der Waals surface area contributed by atoms with Gasteiger partial charge in [0.2, 0.25) is 0 Å². The molecular weight excluding hydrogens is 325 g/mol. The van der Waals surface area contributed by atoms with Crippen LogP contribution >= 0.6 is 12.4 Å². The second-order valence-corrected chi connectivity index (χ2v) is 6.39. The van der Waals surface area contributed by atoms with Crippen molar-refractivity contribution in [2.45, 2.75) is 38.1 Å². The number of rotatable bonds is 3. The number of halogens is 4. The third kappa shape index (κ3) is 4.01. The van der Waals surface area contributed by atoms with Gasteiger partial charge in [0, 0.05) is 37.8 Å². The third-order valence-corrected chi connectivity index (χ3v) is 5.02. The zero-order chi connectivity index (χ0) is 15.5. The van der Waals surface area contributed by atoms with Gasteiger partial charge in [-0.25, -0.2) is 13.2 Å². The lowest BCUT2D eigenvalue weighted by Gasteiger charge is -2.41. The summed E-state index contributed by atoms with van der Waals surface area (Å²) >= 11 is 0. The van der Waals surface area contributed by atoms with Crippen LogP contribution in [0.1, 0.15) is 43.7 Å². The fourth-order valence-corrected chi connectivity index (χ4v) is 3.94. The van der Waals surface area contributed by atoms with E-state index in [-0.39, 0.29) is 29.9 Å². The summed E-state index contributed by atoms with van der Waals surface area (Å²) in [4.78, 5) is 2.13. The highest BCUT2D eigenvalue weighted by Crippen LogP contribution is 2.40. The predicted octanol–water partition coefficient (Wildman–Crippen LogP) is 4.05. The molecule has 1 aromatic carbocycles. The van der Waals surface area contributed by atoms with Gasteiger partial charge in [-0.15, -0.1) is 12.4 Å². The van der Waals surface area contributed by atoms with Crippen molar-refractivity contribution < 1.29 is 13.2 Å². The zero-order valence-corrected chi connectivity index (χ0v) is 14.0. The lowest BCUT2D eigenvalue weighted by atomic mass is 9.79. The average molecular weight is 349 g/mol. The number of nitrogens with one attached hydrogen (secondary N) is 1. The van der Waals surface area contributed by atoms with Crippen LogP contribution in [-0.4, -0.2) is 31.1 Å². The van der Waals surface area contributed by atoms with Gasteiger partial charge < -0.3 is 5.32 Å². The van der Waals surface area contributed by atoms with Gasteiger partial charge in [0.25, 0.3) is 0 Å². The van der Waals surface area contributed by atoms with E-state index in [1.807, 2.05) is 0 Å². The molecule has 1 heterocycles. The molecule has 1 atom stereocenters. The van der Waals surface area contributed by atoms with Crippen LogP contribution in [0.5, 0.6) is 0 Å². The summed E-state index contributed by atoms with van der Waals surface area (Å²) in [6, 6.07) is 1.59. The first-order valence-electron chi connectivity index (χ1n) is 8.26. The van der Waals surface area contributed by atoms with Crippen molar-refractivity contribution in [2.75, 3.05) is 26.2 Å². The Morgan fingerprint density at radius 3 is 2.22 bits per heavy atom. The Hall–Kier alpha value is -0.780. The molecule has 1 saturated carbocycles. The van der Waals surface area contributed by atoms with E-state index in [4.69, 9.17) is 0 Å². The summed E-state index contributed by atoms with van der Waals surface area (Å²) in [6.07, 6.45) is 5.28. The Bertz CT molecular complexity index is 497. The van der Waals surface area contributed by atoms with Crippen LogP contribution in [-0.2, 0) is 0 Å². The van der Waals surface area contributed by atoms with Crippen LogP contribution < -0.4 is 5.32 Å². The van der Waals surface area contributed by atoms with Gasteiger partial charge in [-0.1, -0.05) is 19.3 Å². The maximum absolute atomic E-state index is 14.4. The van der Waals surface area contributed by atoms with Crippen LogP contribution in [0.25, 0.3) is 0 Å². The Kier molecular flexibility index (Phi) is 6.74. The molecule has 1 aromatic rings. The minimum absolute atomic E-state index is 0. The maximum Gasteiger partial charge on any atom is 0.166 e. The summed E-state index contributed by atoms with van der Waals surface area (Å²) in [5.74, 6) is -2.37. The molecule has 0 aromatic heterocycles. The van der Waals surface area contributed by atoms with Gasteiger partial charge in [0.1, 0.15) is 5.82 Å². The van der Waals surface area contributed by atoms with Gasteiger partial charge in [0.05, 0.1) is 0 Å². The van der Waals surface area contributed by atoms with Gasteiger partial charge in [-0.3, -0.25) is 4.90 Å². The topological polar surface area (TPSA) is 15.3 Å². The number of benzene rings is 1. The summed E-state index contributed by atoms with van der Waals surface area (Å²) < 4.78 is 42.4. The SMILES string of the molecule is Cl.Fc1ccc(F)c([C@H](C2CCCCC2)N2CCNCC2)c1F.